The molecule has 2 aromatic carbocycles. The van der Waals surface area contributed by atoms with Crippen LogP contribution in [0.3, 0.4) is 0 Å². The van der Waals surface area contributed by atoms with Crippen molar-refractivity contribution in [3.05, 3.63) is 53.6 Å². The molecule has 0 fully saturated rings. The fourth-order valence-electron chi connectivity index (χ4n) is 3.17. The second kappa shape index (κ2) is 8.92. The van der Waals surface area contributed by atoms with Gasteiger partial charge < -0.3 is 14.8 Å². The van der Waals surface area contributed by atoms with E-state index in [4.69, 9.17) is 21.1 Å². The zero-order valence-electron chi connectivity index (χ0n) is 16.2. The summed E-state index contributed by atoms with van der Waals surface area (Å²) in [7, 11) is -3.72. The number of halogens is 1. The Morgan fingerprint density at radius 2 is 1.97 bits per heavy atom. The molecule has 0 saturated heterocycles. The van der Waals surface area contributed by atoms with E-state index in [1.54, 1.807) is 31.2 Å². The molecule has 0 saturated carbocycles. The molecule has 0 bridgehead atoms. The number of amides is 1. The minimum Gasteiger partial charge on any atom is -0.486 e. The lowest BCUT2D eigenvalue weighted by molar-refractivity contribution is -0.122. The second-order valence-electron chi connectivity index (χ2n) is 6.71. The molecule has 0 aliphatic carbocycles. The van der Waals surface area contributed by atoms with Crippen molar-refractivity contribution >= 4 is 33.2 Å². The lowest BCUT2D eigenvalue weighted by Gasteiger charge is -2.31. The number of fused-ring (bicyclic) bond motifs is 1. The van der Waals surface area contributed by atoms with Crippen molar-refractivity contribution in [3.8, 4) is 11.5 Å². The van der Waals surface area contributed by atoms with E-state index < -0.39 is 22.0 Å². The van der Waals surface area contributed by atoms with E-state index in [9.17, 15) is 13.2 Å². The summed E-state index contributed by atoms with van der Waals surface area (Å²) < 4.78 is 37.5. The van der Waals surface area contributed by atoms with Gasteiger partial charge in [0.05, 0.1) is 18.5 Å². The van der Waals surface area contributed by atoms with Crippen LogP contribution in [-0.4, -0.2) is 45.9 Å². The predicted molar refractivity (Wildman–Crippen MR) is 112 cm³/mol. The molecule has 0 spiro atoms. The number of nitrogens with one attached hydrogen (secondary N) is 1. The van der Waals surface area contributed by atoms with E-state index >= 15 is 0 Å². The average Bonchev–Trinajstić information content (AvgIpc) is 2.69. The van der Waals surface area contributed by atoms with Crippen molar-refractivity contribution < 1.29 is 22.7 Å². The predicted octanol–water partition coefficient (Wildman–Crippen LogP) is 2.84. The van der Waals surface area contributed by atoms with Crippen molar-refractivity contribution in [2.24, 2.45) is 0 Å². The minimum absolute atomic E-state index is 0.191. The van der Waals surface area contributed by atoms with Crippen LogP contribution in [0, 0.1) is 0 Å². The summed E-state index contributed by atoms with van der Waals surface area (Å²) in [5.74, 6) is 0.854. The van der Waals surface area contributed by atoms with Gasteiger partial charge >= 0.3 is 0 Å². The zero-order chi connectivity index (χ0) is 21.0. The van der Waals surface area contributed by atoms with Crippen LogP contribution < -0.4 is 19.1 Å². The van der Waals surface area contributed by atoms with Gasteiger partial charge in [-0.25, -0.2) is 8.42 Å². The Labute approximate surface area is 175 Å². The van der Waals surface area contributed by atoms with Crippen molar-refractivity contribution in [3.63, 3.8) is 0 Å². The SMILES string of the molecule is CC[C@H](C(=O)NC[C@H]1COc2ccccc2O1)N(c1cccc(Cl)c1)S(C)(=O)=O. The molecule has 29 heavy (non-hydrogen) atoms. The van der Waals surface area contributed by atoms with Crippen LogP contribution in [0.4, 0.5) is 5.69 Å². The topological polar surface area (TPSA) is 84.9 Å². The van der Waals surface area contributed by atoms with Crippen LogP contribution >= 0.6 is 11.6 Å². The first-order chi connectivity index (χ1) is 13.8. The number of sulfonamides is 1. The molecule has 7 nitrogen and oxygen atoms in total. The summed E-state index contributed by atoms with van der Waals surface area (Å²) in [5.41, 5.74) is 0.341. The van der Waals surface area contributed by atoms with E-state index in [-0.39, 0.29) is 25.7 Å². The van der Waals surface area contributed by atoms with Crippen LogP contribution in [0.5, 0.6) is 11.5 Å². The Hall–Kier alpha value is -2.45. The number of carbonyl (C=O) groups excluding carboxylic acids is 1. The highest BCUT2D eigenvalue weighted by Crippen LogP contribution is 2.30. The van der Waals surface area contributed by atoms with Gasteiger partial charge in [-0.2, -0.15) is 0 Å². The molecule has 156 valence electrons. The van der Waals surface area contributed by atoms with Gasteiger partial charge in [0.1, 0.15) is 18.8 Å². The van der Waals surface area contributed by atoms with E-state index in [1.807, 2.05) is 18.2 Å². The summed E-state index contributed by atoms with van der Waals surface area (Å²) in [4.78, 5) is 12.9. The van der Waals surface area contributed by atoms with Gasteiger partial charge in [0.2, 0.25) is 15.9 Å². The Kier molecular flexibility index (Phi) is 6.54. The molecular weight excluding hydrogens is 416 g/mol. The Bertz CT molecular complexity index is 982. The summed E-state index contributed by atoms with van der Waals surface area (Å²) >= 11 is 6.02. The summed E-state index contributed by atoms with van der Waals surface area (Å²) in [6.07, 6.45) is 0.985. The highest BCUT2D eigenvalue weighted by molar-refractivity contribution is 7.92. The lowest BCUT2D eigenvalue weighted by Crippen LogP contribution is -2.51. The summed E-state index contributed by atoms with van der Waals surface area (Å²) in [6, 6.07) is 12.8. The number of para-hydroxylation sites is 2. The first kappa shape index (κ1) is 21.3. The smallest absolute Gasteiger partial charge is 0.244 e. The van der Waals surface area contributed by atoms with Gasteiger partial charge in [0.15, 0.2) is 11.5 Å². The van der Waals surface area contributed by atoms with Gasteiger partial charge in [0, 0.05) is 5.02 Å². The van der Waals surface area contributed by atoms with E-state index in [2.05, 4.69) is 5.32 Å². The van der Waals surface area contributed by atoms with Crippen molar-refractivity contribution in [2.45, 2.75) is 25.5 Å². The molecule has 2 atom stereocenters. The number of rotatable bonds is 7. The quantitative estimate of drug-likeness (QED) is 0.718. The minimum atomic E-state index is -3.72. The third-order valence-corrected chi connectivity index (χ3v) is 5.88. The highest BCUT2D eigenvalue weighted by Gasteiger charge is 2.32. The number of carbonyl (C=O) groups is 1. The third-order valence-electron chi connectivity index (χ3n) is 4.46. The largest absolute Gasteiger partial charge is 0.486 e. The van der Waals surface area contributed by atoms with Crippen molar-refractivity contribution in [2.75, 3.05) is 23.7 Å². The molecule has 1 amide bonds. The first-order valence-electron chi connectivity index (χ1n) is 9.20. The normalized spacial score (nSPS) is 16.7. The number of nitrogens with zero attached hydrogens (tertiary/aromatic N) is 1. The van der Waals surface area contributed by atoms with Crippen LogP contribution in [-0.2, 0) is 14.8 Å². The molecule has 1 heterocycles. The number of benzene rings is 2. The van der Waals surface area contributed by atoms with Gasteiger partial charge in [0.25, 0.3) is 0 Å². The van der Waals surface area contributed by atoms with Crippen LogP contribution in [0.15, 0.2) is 48.5 Å². The van der Waals surface area contributed by atoms with Crippen LogP contribution in [0.25, 0.3) is 0 Å². The summed E-state index contributed by atoms with van der Waals surface area (Å²) in [5, 5.41) is 3.17. The number of hydrogen-bond donors (Lipinski definition) is 1. The Morgan fingerprint density at radius 1 is 1.24 bits per heavy atom. The van der Waals surface area contributed by atoms with Crippen molar-refractivity contribution in [1.29, 1.82) is 0 Å². The van der Waals surface area contributed by atoms with E-state index in [0.29, 0.717) is 22.2 Å². The molecule has 1 N–H and O–H groups in total. The van der Waals surface area contributed by atoms with Gasteiger partial charge in [-0.3, -0.25) is 9.10 Å². The monoisotopic (exact) mass is 438 g/mol. The number of hydrogen-bond acceptors (Lipinski definition) is 5. The molecule has 3 rings (SSSR count). The molecular formula is C20H23ClN2O5S. The van der Waals surface area contributed by atoms with E-state index in [1.165, 1.54) is 6.07 Å². The maximum absolute atomic E-state index is 12.9. The highest BCUT2D eigenvalue weighted by atomic mass is 35.5. The van der Waals surface area contributed by atoms with Crippen LogP contribution in [0.2, 0.25) is 5.02 Å². The number of anilines is 1. The standard InChI is InChI=1S/C20H23ClN2O5S/c1-3-17(23(29(2,25)26)15-8-6-7-14(21)11-15)20(24)22-12-16-13-27-18-9-4-5-10-19(18)28-16/h4-11,16-17H,3,12-13H2,1-2H3,(H,22,24)/t16-,17+/m0/s1. The van der Waals surface area contributed by atoms with Gasteiger partial charge in [-0.05, 0) is 36.8 Å². The fraction of sp³-hybridized carbons (Fsp3) is 0.350. The van der Waals surface area contributed by atoms with Gasteiger partial charge in [-0.1, -0.05) is 36.7 Å². The molecule has 1 aliphatic heterocycles. The van der Waals surface area contributed by atoms with Gasteiger partial charge in [-0.15, -0.1) is 0 Å². The number of ether oxygens (including phenoxy) is 2. The maximum Gasteiger partial charge on any atom is 0.244 e. The molecule has 1 aliphatic rings. The molecule has 0 unspecified atom stereocenters. The molecule has 0 radical (unpaired) electrons. The Morgan fingerprint density at radius 3 is 2.62 bits per heavy atom. The first-order valence-corrected chi connectivity index (χ1v) is 11.4. The average molecular weight is 439 g/mol. The Balaban J connectivity index is 1.72. The van der Waals surface area contributed by atoms with E-state index in [0.717, 1.165) is 10.6 Å². The lowest BCUT2D eigenvalue weighted by atomic mass is 10.2. The summed E-state index contributed by atoms with van der Waals surface area (Å²) in [6.45, 7) is 2.23. The molecule has 2 aromatic rings. The van der Waals surface area contributed by atoms with Crippen LogP contribution in [0.1, 0.15) is 13.3 Å². The van der Waals surface area contributed by atoms with Crippen molar-refractivity contribution in [1.82, 2.24) is 5.32 Å². The third kappa shape index (κ3) is 5.13. The molecule has 9 heteroatoms. The fourth-order valence-corrected chi connectivity index (χ4v) is 4.56. The second-order valence-corrected chi connectivity index (χ2v) is 9.00. The molecule has 0 aromatic heterocycles. The zero-order valence-corrected chi connectivity index (χ0v) is 17.7. The maximum atomic E-state index is 12.9.